The highest BCUT2D eigenvalue weighted by molar-refractivity contribution is 4.43. The molecule has 1 nitrogen and oxygen atoms in total. The van der Waals surface area contributed by atoms with Gasteiger partial charge in [0.1, 0.15) is 0 Å². The molecule has 0 aliphatic carbocycles. The van der Waals surface area contributed by atoms with Crippen LogP contribution in [0.3, 0.4) is 0 Å². The minimum atomic E-state index is -0.0648. The Kier molecular flexibility index (Phi) is 38.1. The van der Waals surface area contributed by atoms with Crippen molar-refractivity contribution in [2.24, 2.45) is 0 Å². The van der Waals surface area contributed by atoms with E-state index in [4.69, 9.17) is 5.11 Å². The molecule has 0 bridgehead atoms. The van der Waals surface area contributed by atoms with E-state index in [1.807, 2.05) is 41.5 Å². The van der Waals surface area contributed by atoms with Gasteiger partial charge in [-0.25, -0.2) is 0 Å². The molecule has 0 saturated carbocycles. The van der Waals surface area contributed by atoms with Gasteiger partial charge in [-0.15, -0.1) is 0 Å². The van der Waals surface area contributed by atoms with Gasteiger partial charge in [-0.1, -0.05) is 41.5 Å². The van der Waals surface area contributed by atoms with Crippen LogP contribution in [0.4, 0.5) is 0 Å². The monoisotopic (exact) mass is 148 g/mol. The van der Waals surface area contributed by atoms with Crippen LogP contribution in [0.5, 0.6) is 0 Å². The first-order valence-electron chi connectivity index (χ1n) is 4.49. The average molecular weight is 148 g/mol. The lowest BCUT2D eigenvalue weighted by molar-refractivity contribution is 0.166. The Bertz CT molecular complexity index is 23.9. The molecule has 0 aliphatic heterocycles. The molecular formula is C9H24O. The first-order valence-corrected chi connectivity index (χ1v) is 4.49. The Morgan fingerprint density at radius 1 is 0.900 bits per heavy atom. The standard InChI is InChI=1S/C5H12O.2C2H6/c1-3-5(6)4-2;2*1-2/h5-6H,3-4H2,1-2H3;2*1-2H3. The molecule has 1 N–H and O–H groups in total. The average Bonchev–Trinajstić information content (AvgIpc) is 2.10. The highest BCUT2D eigenvalue weighted by atomic mass is 16.3. The van der Waals surface area contributed by atoms with Gasteiger partial charge in [0.25, 0.3) is 0 Å². The summed E-state index contributed by atoms with van der Waals surface area (Å²) in [6.45, 7) is 12.0. The Hall–Kier alpha value is -0.0400. The maximum absolute atomic E-state index is 8.67. The fraction of sp³-hybridized carbons (Fsp3) is 1.00. The summed E-state index contributed by atoms with van der Waals surface area (Å²) in [5, 5.41) is 8.67. The summed E-state index contributed by atoms with van der Waals surface area (Å²) in [6.07, 6.45) is 1.71. The van der Waals surface area contributed by atoms with Gasteiger partial charge in [-0.05, 0) is 12.8 Å². The molecule has 0 aromatic heterocycles. The topological polar surface area (TPSA) is 20.2 Å². The number of aliphatic hydroxyl groups is 1. The van der Waals surface area contributed by atoms with Crippen LogP contribution in [0.2, 0.25) is 0 Å². The predicted octanol–water partition coefficient (Wildman–Crippen LogP) is 3.22. The first kappa shape index (κ1) is 16.5. The molecule has 10 heavy (non-hydrogen) atoms. The van der Waals surface area contributed by atoms with Crippen LogP contribution in [-0.4, -0.2) is 11.2 Å². The normalized spacial score (nSPS) is 7.20. The maximum Gasteiger partial charge on any atom is 0.0535 e. The molecule has 0 atom stereocenters. The molecule has 0 fully saturated rings. The van der Waals surface area contributed by atoms with Gasteiger partial charge in [0, 0.05) is 0 Å². The van der Waals surface area contributed by atoms with Crippen LogP contribution >= 0.6 is 0 Å². The van der Waals surface area contributed by atoms with Gasteiger partial charge in [0.15, 0.2) is 0 Å². The van der Waals surface area contributed by atoms with Crippen LogP contribution in [-0.2, 0) is 0 Å². The smallest absolute Gasteiger partial charge is 0.0535 e. The van der Waals surface area contributed by atoms with Crippen molar-refractivity contribution in [1.82, 2.24) is 0 Å². The summed E-state index contributed by atoms with van der Waals surface area (Å²) in [5.41, 5.74) is 0. The molecule has 0 radical (unpaired) electrons. The van der Waals surface area contributed by atoms with Gasteiger partial charge < -0.3 is 5.11 Å². The van der Waals surface area contributed by atoms with Crippen molar-refractivity contribution in [2.45, 2.75) is 60.5 Å². The summed E-state index contributed by atoms with van der Waals surface area (Å²) >= 11 is 0. The molecule has 0 saturated heterocycles. The van der Waals surface area contributed by atoms with E-state index in [-0.39, 0.29) is 6.10 Å². The zero-order valence-corrected chi connectivity index (χ0v) is 8.44. The number of aliphatic hydroxyl groups excluding tert-OH is 1. The van der Waals surface area contributed by atoms with Crippen molar-refractivity contribution in [2.75, 3.05) is 0 Å². The fourth-order valence-electron chi connectivity index (χ4n) is 0.289. The van der Waals surface area contributed by atoms with E-state index >= 15 is 0 Å². The van der Waals surface area contributed by atoms with Crippen molar-refractivity contribution in [3.63, 3.8) is 0 Å². The van der Waals surface area contributed by atoms with Gasteiger partial charge in [-0.3, -0.25) is 0 Å². The summed E-state index contributed by atoms with van der Waals surface area (Å²) in [7, 11) is 0. The second-order valence-electron chi connectivity index (χ2n) is 1.47. The second-order valence-corrected chi connectivity index (χ2v) is 1.47. The van der Waals surface area contributed by atoms with E-state index in [0.717, 1.165) is 12.8 Å². The Morgan fingerprint density at radius 2 is 1.10 bits per heavy atom. The highest BCUT2D eigenvalue weighted by Crippen LogP contribution is 1.91. The molecule has 0 unspecified atom stereocenters. The summed E-state index contributed by atoms with van der Waals surface area (Å²) in [4.78, 5) is 0. The van der Waals surface area contributed by atoms with Crippen LogP contribution in [0.15, 0.2) is 0 Å². The van der Waals surface area contributed by atoms with Gasteiger partial charge >= 0.3 is 0 Å². The van der Waals surface area contributed by atoms with Crippen LogP contribution in [0.25, 0.3) is 0 Å². The van der Waals surface area contributed by atoms with Gasteiger partial charge in [-0.2, -0.15) is 0 Å². The SMILES string of the molecule is CC.CC.CCC(O)CC. The van der Waals surface area contributed by atoms with Crippen LogP contribution < -0.4 is 0 Å². The lowest BCUT2D eigenvalue weighted by atomic mass is 10.2. The van der Waals surface area contributed by atoms with Crippen molar-refractivity contribution in [1.29, 1.82) is 0 Å². The van der Waals surface area contributed by atoms with Gasteiger partial charge in [0.2, 0.25) is 0 Å². The number of hydrogen-bond donors (Lipinski definition) is 1. The molecule has 0 heterocycles. The zero-order chi connectivity index (χ0) is 8.99. The molecule has 0 spiro atoms. The van der Waals surface area contributed by atoms with Crippen LogP contribution in [0, 0.1) is 0 Å². The molecule has 0 aliphatic rings. The highest BCUT2D eigenvalue weighted by Gasteiger charge is 1.90. The minimum Gasteiger partial charge on any atom is -0.393 e. The fourth-order valence-corrected chi connectivity index (χ4v) is 0.289. The number of rotatable bonds is 2. The first-order chi connectivity index (χ1) is 4.81. The Labute approximate surface area is 66.5 Å². The van der Waals surface area contributed by atoms with Crippen molar-refractivity contribution in [3.8, 4) is 0 Å². The van der Waals surface area contributed by atoms with E-state index in [0.29, 0.717) is 0 Å². The Morgan fingerprint density at radius 3 is 1.10 bits per heavy atom. The second kappa shape index (κ2) is 23.1. The quantitative estimate of drug-likeness (QED) is 0.637. The molecule has 0 rings (SSSR count). The van der Waals surface area contributed by atoms with Gasteiger partial charge in [0.05, 0.1) is 6.10 Å². The largest absolute Gasteiger partial charge is 0.393 e. The lowest BCUT2D eigenvalue weighted by Crippen LogP contribution is -1.99. The van der Waals surface area contributed by atoms with E-state index in [2.05, 4.69) is 0 Å². The van der Waals surface area contributed by atoms with Crippen molar-refractivity contribution >= 4 is 0 Å². The zero-order valence-electron chi connectivity index (χ0n) is 8.44. The summed E-state index contributed by atoms with van der Waals surface area (Å²) in [6, 6.07) is 0. The molecule has 0 aromatic carbocycles. The van der Waals surface area contributed by atoms with E-state index in [1.54, 1.807) is 0 Å². The predicted molar refractivity (Wildman–Crippen MR) is 49.3 cm³/mol. The third-order valence-electron chi connectivity index (χ3n) is 0.942. The summed E-state index contributed by atoms with van der Waals surface area (Å²) in [5.74, 6) is 0. The Balaban J connectivity index is -0.000000105. The van der Waals surface area contributed by atoms with Crippen LogP contribution in [0.1, 0.15) is 54.4 Å². The molecule has 66 valence electrons. The third kappa shape index (κ3) is 24.6. The third-order valence-corrected chi connectivity index (χ3v) is 0.942. The van der Waals surface area contributed by atoms with E-state index in [1.165, 1.54) is 0 Å². The minimum absolute atomic E-state index is 0.0648. The van der Waals surface area contributed by atoms with Crippen molar-refractivity contribution in [3.05, 3.63) is 0 Å². The molecule has 0 amide bonds. The molecular weight excluding hydrogens is 124 g/mol. The lowest BCUT2D eigenvalue weighted by Gasteiger charge is -1.98. The van der Waals surface area contributed by atoms with E-state index < -0.39 is 0 Å². The summed E-state index contributed by atoms with van der Waals surface area (Å²) < 4.78 is 0. The van der Waals surface area contributed by atoms with Crippen molar-refractivity contribution < 1.29 is 5.11 Å². The number of hydrogen-bond acceptors (Lipinski definition) is 1. The molecule has 1 heteroatoms. The van der Waals surface area contributed by atoms with E-state index in [9.17, 15) is 0 Å². The maximum atomic E-state index is 8.67. The molecule has 0 aromatic rings.